The Bertz CT molecular complexity index is 448. The number of benzene rings is 1. The Morgan fingerprint density at radius 2 is 2.21 bits per heavy atom. The second-order valence-corrected chi connectivity index (χ2v) is 5.30. The topological polar surface area (TPSA) is 61.4 Å². The maximum atomic E-state index is 11.1. The molecule has 0 spiro atoms. The molecule has 1 unspecified atom stereocenters. The highest BCUT2D eigenvalue weighted by Crippen LogP contribution is 2.23. The van der Waals surface area contributed by atoms with Gasteiger partial charge in [0.15, 0.2) is 0 Å². The molecule has 0 aliphatic heterocycles. The number of carbonyl (C=O) groups is 1. The zero-order valence-corrected chi connectivity index (χ0v) is 11.5. The molecule has 1 fully saturated rings. The van der Waals surface area contributed by atoms with E-state index in [4.69, 9.17) is 0 Å². The number of amides is 1. The smallest absolute Gasteiger partial charge is 0.221 e. The van der Waals surface area contributed by atoms with Crippen LogP contribution in [0.2, 0.25) is 0 Å². The van der Waals surface area contributed by atoms with E-state index in [1.807, 2.05) is 24.3 Å². The second-order valence-electron chi connectivity index (χ2n) is 5.30. The van der Waals surface area contributed by atoms with Gasteiger partial charge in [-0.15, -0.1) is 0 Å². The van der Waals surface area contributed by atoms with Gasteiger partial charge in [-0.05, 0) is 43.9 Å². The molecule has 1 saturated carbocycles. The molecule has 2 rings (SSSR count). The summed E-state index contributed by atoms with van der Waals surface area (Å²) in [5.74, 6) is -0.0658. The molecule has 1 amide bonds. The van der Waals surface area contributed by atoms with Crippen LogP contribution in [-0.2, 0) is 4.79 Å². The monoisotopic (exact) mass is 262 g/mol. The lowest BCUT2D eigenvalue weighted by atomic mass is 10.1. The number of nitrogens with one attached hydrogen (secondary N) is 2. The second kappa shape index (κ2) is 6.17. The highest BCUT2D eigenvalue weighted by Gasteiger charge is 2.26. The maximum absolute atomic E-state index is 11.1. The Morgan fingerprint density at radius 3 is 2.84 bits per heavy atom. The minimum atomic E-state index is -0.235. The van der Waals surface area contributed by atoms with Gasteiger partial charge in [0.1, 0.15) is 0 Å². The Labute approximate surface area is 114 Å². The summed E-state index contributed by atoms with van der Waals surface area (Å²) in [5.41, 5.74) is 1.93. The summed E-state index contributed by atoms with van der Waals surface area (Å²) in [6.45, 7) is 3.58. The number of anilines is 1. The summed E-state index contributed by atoms with van der Waals surface area (Å²) in [5, 5.41) is 16.1. The molecule has 3 N–H and O–H groups in total. The Balaban J connectivity index is 2.01. The molecule has 4 nitrogen and oxygen atoms in total. The van der Waals surface area contributed by atoms with Gasteiger partial charge in [-0.2, -0.15) is 0 Å². The lowest BCUT2D eigenvalue weighted by Gasteiger charge is -2.22. The Kier molecular flexibility index (Phi) is 4.56. The molecule has 1 aromatic carbocycles. The largest absolute Gasteiger partial charge is 0.392 e. The highest BCUT2D eigenvalue weighted by atomic mass is 16.3. The fourth-order valence-corrected chi connectivity index (χ4v) is 2.64. The number of hydrogen-bond donors (Lipinski definition) is 3. The van der Waals surface area contributed by atoms with Crippen LogP contribution in [0.5, 0.6) is 0 Å². The Morgan fingerprint density at radius 1 is 1.42 bits per heavy atom. The molecule has 0 aromatic heterocycles. The first-order chi connectivity index (χ1) is 9.06. The van der Waals surface area contributed by atoms with Gasteiger partial charge >= 0.3 is 0 Å². The lowest BCUT2D eigenvalue weighted by molar-refractivity contribution is -0.114. The molecule has 19 heavy (non-hydrogen) atoms. The number of rotatable bonds is 4. The van der Waals surface area contributed by atoms with Gasteiger partial charge < -0.3 is 15.7 Å². The van der Waals surface area contributed by atoms with Crippen molar-refractivity contribution in [2.24, 2.45) is 0 Å². The van der Waals surface area contributed by atoms with Crippen LogP contribution in [-0.4, -0.2) is 23.2 Å². The minimum absolute atomic E-state index is 0.0658. The fraction of sp³-hybridized carbons (Fsp3) is 0.533. The third-order valence-corrected chi connectivity index (χ3v) is 3.65. The average Bonchev–Trinajstić information content (AvgIpc) is 2.74. The molecule has 3 atom stereocenters. The van der Waals surface area contributed by atoms with Crippen LogP contribution < -0.4 is 10.6 Å². The van der Waals surface area contributed by atoms with E-state index in [1.165, 1.54) is 6.92 Å². The summed E-state index contributed by atoms with van der Waals surface area (Å²) < 4.78 is 0. The molecular formula is C15H22N2O2. The van der Waals surface area contributed by atoms with Crippen molar-refractivity contribution in [3.8, 4) is 0 Å². The first kappa shape index (κ1) is 14.0. The third-order valence-electron chi connectivity index (χ3n) is 3.65. The van der Waals surface area contributed by atoms with E-state index in [9.17, 15) is 9.90 Å². The summed E-state index contributed by atoms with van der Waals surface area (Å²) in [6, 6.07) is 8.15. The molecule has 1 aliphatic rings. The standard InChI is InChI=1S/C15H22N2O2/c1-10(16-14-7-4-8-15(14)19)12-5-3-6-13(9-12)17-11(2)18/h3,5-6,9-10,14-16,19H,4,7-8H2,1-2H3,(H,17,18)/t10?,14-,15-/m1/s1. The minimum Gasteiger partial charge on any atom is -0.392 e. The zero-order valence-electron chi connectivity index (χ0n) is 11.5. The average molecular weight is 262 g/mol. The predicted molar refractivity (Wildman–Crippen MR) is 75.9 cm³/mol. The van der Waals surface area contributed by atoms with Crippen LogP contribution in [0.3, 0.4) is 0 Å². The van der Waals surface area contributed by atoms with Crippen molar-refractivity contribution < 1.29 is 9.90 Å². The van der Waals surface area contributed by atoms with Crippen LogP contribution >= 0.6 is 0 Å². The van der Waals surface area contributed by atoms with Crippen LogP contribution in [0, 0.1) is 0 Å². The van der Waals surface area contributed by atoms with E-state index in [2.05, 4.69) is 17.6 Å². The predicted octanol–water partition coefficient (Wildman–Crippen LogP) is 2.21. The van der Waals surface area contributed by atoms with Crippen molar-refractivity contribution in [3.05, 3.63) is 29.8 Å². The Hall–Kier alpha value is -1.39. The van der Waals surface area contributed by atoms with Gasteiger partial charge in [-0.25, -0.2) is 0 Å². The highest BCUT2D eigenvalue weighted by molar-refractivity contribution is 5.88. The van der Waals surface area contributed by atoms with Crippen molar-refractivity contribution in [2.45, 2.75) is 51.3 Å². The third kappa shape index (κ3) is 3.78. The first-order valence-corrected chi connectivity index (χ1v) is 6.88. The lowest BCUT2D eigenvalue weighted by Crippen LogP contribution is -2.37. The molecule has 0 bridgehead atoms. The molecule has 0 heterocycles. The van der Waals surface area contributed by atoms with Crippen LogP contribution in [0.1, 0.15) is 44.7 Å². The van der Waals surface area contributed by atoms with E-state index in [0.29, 0.717) is 0 Å². The first-order valence-electron chi connectivity index (χ1n) is 6.88. The summed E-state index contributed by atoms with van der Waals surface area (Å²) >= 11 is 0. The van der Waals surface area contributed by atoms with Gasteiger partial charge in [0.05, 0.1) is 6.10 Å². The van der Waals surface area contributed by atoms with Crippen molar-refractivity contribution in [2.75, 3.05) is 5.32 Å². The van der Waals surface area contributed by atoms with Crippen LogP contribution in [0.25, 0.3) is 0 Å². The van der Waals surface area contributed by atoms with Gasteiger partial charge in [0, 0.05) is 24.7 Å². The number of aliphatic hydroxyl groups excluding tert-OH is 1. The van der Waals surface area contributed by atoms with Crippen molar-refractivity contribution >= 4 is 11.6 Å². The van der Waals surface area contributed by atoms with Crippen LogP contribution in [0.15, 0.2) is 24.3 Å². The normalized spacial score (nSPS) is 24.2. The molecule has 1 aliphatic carbocycles. The van der Waals surface area contributed by atoms with Crippen LogP contribution in [0.4, 0.5) is 5.69 Å². The molecular weight excluding hydrogens is 240 g/mol. The van der Waals surface area contributed by atoms with E-state index in [1.54, 1.807) is 0 Å². The molecule has 0 saturated heterocycles. The van der Waals surface area contributed by atoms with E-state index in [0.717, 1.165) is 30.5 Å². The van der Waals surface area contributed by atoms with E-state index < -0.39 is 0 Å². The molecule has 104 valence electrons. The SMILES string of the molecule is CC(=O)Nc1cccc(C(C)N[C@@H]2CCC[C@H]2O)c1. The van der Waals surface area contributed by atoms with Gasteiger partial charge in [0.2, 0.25) is 5.91 Å². The molecule has 0 radical (unpaired) electrons. The molecule has 1 aromatic rings. The summed E-state index contributed by atoms with van der Waals surface area (Å²) in [4.78, 5) is 11.1. The van der Waals surface area contributed by atoms with E-state index >= 15 is 0 Å². The van der Waals surface area contributed by atoms with Gasteiger partial charge in [-0.3, -0.25) is 4.79 Å². The van der Waals surface area contributed by atoms with Gasteiger partial charge in [0.25, 0.3) is 0 Å². The summed E-state index contributed by atoms with van der Waals surface area (Å²) in [7, 11) is 0. The van der Waals surface area contributed by atoms with Crippen molar-refractivity contribution in [3.63, 3.8) is 0 Å². The van der Waals surface area contributed by atoms with Crippen molar-refractivity contribution in [1.29, 1.82) is 0 Å². The number of hydrogen-bond acceptors (Lipinski definition) is 3. The summed E-state index contributed by atoms with van der Waals surface area (Å²) in [6.07, 6.45) is 2.76. The number of carbonyl (C=O) groups excluding carboxylic acids is 1. The number of aliphatic hydroxyl groups is 1. The zero-order chi connectivity index (χ0) is 13.8. The van der Waals surface area contributed by atoms with E-state index in [-0.39, 0.29) is 24.1 Å². The van der Waals surface area contributed by atoms with Crippen molar-refractivity contribution in [1.82, 2.24) is 5.32 Å². The quantitative estimate of drug-likeness (QED) is 0.779. The maximum Gasteiger partial charge on any atom is 0.221 e. The molecule has 4 heteroatoms. The van der Waals surface area contributed by atoms with Gasteiger partial charge in [-0.1, -0.05) is 12.1 Å². The fourth-order valence-electron chi connectivity index (χ4n) is 2.64.